The van der Waals surface area contributed by atoms with Gasteiger partial charge >= 0.3 is 6.03 Å². The lowest BCUT2D eigenvalue weighted by atomic mass is 9.82. The Morgan fingerprint density at radius 3 is 2.68 bits per heavy atom. The van der Waals surface area contributed by atoms with Crippen molar-refractivity contribution in [3.05, 3.63) is 48.4 Å². The number of aromatic nitrogens is 2. The summed E-state index contributed by atoms with van der Waals surface area (Å²) in [5.74, 6) is 0.160. The van der Waals surface area contributed by atoms with Crippen molar-refractivity contribution in [2.24, 2.45) is 0 Å². The minimum Gasteiger partial charge on any atom is -0.485 e. The van der Waals surface area contributed by atoms with Crippen LogP contribution in [0.15, 0.2) is 42.9 Å². The maximum atomic E-state index is 12.8. The topological polar surface area (TPSA) is 114 Å². The molecule has 31 heavy (non-hydrogen) atoms. The van der Waals surface area contributed by atoms with E-state index in [9.17, 15) is 14.4 Å². The van der Waals surface area contributed by atoms with Gasteiger partial charge in [0.25, 0.3) is 5.91 Å². The van der Waals surface area contributed by atoms with Crippen LogP contribution in [-0.4, -0.2) is 44.8 Å². The number of pyridine rings is 2. The molecular weight excluding hydrogens is 398 g/mol. The largest absolute Gasteiger partial charge is 0.485 e. The van der Waals surface area contributed by atoms with E-state index in [1.807, 2.05) is 12.1 Å². The van der Waals surface area contributed by atoms with E-state index in [1.165, 1.54) is 0 Å². The van der Waals surface area contributed by atoms with Gasteiger partial charge in [0.05, 0.1) is 0 Å². The Hall–Kier alpha value is -3.49. The van der Waals surface area contributed by atoms with Gasteiger partial charge in [-0.1, -0.05) is 19.3 Å². The van der Waals surface area contributed by atoms with Gasteiger partial charge in [0.1, 0.15) is 12.1 Å². The second-order valence-electron chi connectivity index (χ2n) is 7.82. The first-order chi connectivity index (χ1) is 15.1. The molecular formula is C22H25N5O4. The van der Waals surface area contributed by atoms with Crippen molar-refractivity contribution in [3.63, 3.8) is 0 Å². The number of amides is 4. The van der Waals surface area contributed by atoms with Crippen molar-refractivity contribution in [1.82, 2.24) is 20.2 Å². The molecule has 3 heterocycles. The summed E-state index contributed by atoms with van der Waals surface area (Å²) in [6.07, 6.45) is 9.12. The number of imide groups is 1. The Balaban J connectivity index is 1.33. The van der Waals surface area contributed by atoms with Crippen LogP contribution in [0.4, 0.5) is 10.6 Å². The quantitative estimate of drug-likeness (QED) is 0.662. The molecule has 9 nitrogen and oxygen atoms in total. The predicted octanol–water partition coefficient (Wildman–Crippen LogP) is 2.64. The van der Waals surface area contributed by atoms with Crippen molar-refractivity contribution < 1.29 is 19.1 Å². The highest BCUT2D eigenvalue weighted by atomic mass is 16.5. The number of nitrogens with zero attached hydrogens (tertiary/aromatic N) is 3. The van der Waals surface area contributed by atoms with Gasteiger partial charge < -0.3 is 15.4 Å². The molecule has 1 saturated heterocycles. The molecule has 162 valence electrons. The van der Waals surface area contributed by atoms with Crippen LogP contribution in [0.3, 0.4) is 0 Å². The summed E-state index contributed by atoms with van der Waals surface area (Å²) in [4.78, 5) is 46.9. The summed E-state index contributed by atoms with van der Waals surface area (Å²) in [6.45, 7) is 0.333. The van der Waals surface area contributed by atoms with Crippen LogP contribution in [0, 0.1) is 0 Å². The van der Waals surface area contributed by atoms with Gasteiger partial charge in [-0.3, -0.25) is 19.5 Å². The van der Waals surface area contributed by atoms with Gasteiger partial charge in [0.2, 0.25) is 5.91 Å². The highest BCUT2D eigenvalue weighted by molar-refractivity contribution is 6.07. The zero-order valence-corrected chi connectivity index (χ0v) is 17.2. The number of hydrogen-bond donors (Lipinski definition) is 2. The van der Waals surface area contributed by atoms with Crippen LogP contribution in [0.2, 0.25) is 0 Å². The molecule has 0 aromatic carbocycles. The summed E-state index contributed by atoms with van der Waals surface area (Å²) >= 11 is 0. The third-order valence-electron chi connectivity index (χ3n) is 5.69. The lowest BCUT2D eigenvalue weighted by Gasteiger charge is -2.30. The minimum atomic E-state index is -0.777. The van der Waals surface area contributed by atoms with Gasteiger partial charge in [0, 0.05) is 31.6 Å². The molecule has 0 radical (unpaired) electrons. The number of carbonyl (C=O) groups is 3. The van der Waals surface area contributed by atoms with Gasteiger partial charge in [-0.2, -0.15) is 0 Å². The third kappa shape index (κ3) is 4.65. The third-order valence-corrected chi connectivity index (χ3v) is 5.69. The molecule has 4 amide bonds. The molecule has 1 aliphatic heterocycles. The number of ether oxygens (including phenoxy) is 1. The molecule has 0 atom stereocenters. The molecule has 0 bridgehead atoms. The summed E-state index contributed by atoms with van der Waals surface area (Å²) in [5, 5.41) is 5.57. The van der Waals surface area contributed by atoms with E-state index < -0.39 is 11.6 Å². The fraction of sp³-hybridized carbons (Fsp3) is 0.409. The number of urea groups is 1. The van der Waals surface area contributed by atoms with Crippen molar-refractivity contribution in [1.29, 1.82) is 0 Å². The van der Waals surface area contributed by atoms with Crippen LogP contribution in [0.1, 0.15) is 44.1 Å². The molecule has 4 rings (SSSR count). The highest BCUT2D eigenvalue weighted by Crippen LogP contribution is 2.33. The summed E-state index contributed by atoms with van der Waals surface area (Å²) in [7, 11) is 0. The van der Waals surface area contributed by atoms with E-state index in [2.05, 4.69) is 20.6 Å². The minimum absolute atomic E-state index is 0.0182. The lowest BCUT2D eigenvalue weighted by Crippen LogP contribution is -2.48. The fourth-order valence-corrected chi connectivity index (χ4v) is 4.02. The van der Waals surface area contributed by atoms with Crippen molar-refractivity contribution in [2.45, 2.75) is 50.7 Å². The van der Waals surface area contributed by atoms with E-state index in [4.69, 9.17) is 4.74 Å². The number of rotatable bonds is 7. The normalized spacial score (nSPS) is 17.5. The van der Waals surface area contributed by atoms with Gasteiger partial charge in [-0.25, -0.2) is 9.78 Å². The molecule has 2 aliphatic rings. The Labute approximate surface area is 180 Å². The number of hydrogen-bond acceptors (Lipinski definition) is 6. The Bertz CT molecular complexity index is 959. The van der Waals surface area contributed by atoms with Gasteiger partial charge in [-0.05, 0) is 42.7 Å². The number of anilines is 1. The molecule has 1 aliphatic carbocycles. The molecule has 1 spiro atoms. The second-order valence-corrected chi connectivity index (χ2v) is 7.82. The van der Waals surface area contributed by atoms with Gasteiger partial charge in [0.15, 0.2) is 11.6 Å². The predicted molar refractivity (Wildman–Crippen MR) is 112 cm³/mol. The highest BCUT2D eigenvalue weighted by Gasteiger charge is 2.51. The maximum Gasteiger partial charge on any atom is 0.325 e. The molecule has 0 unspecified atom stereocenters. The molecule has 1 saturated carbocycles. The van der Waals surface area contributed by atoms with Crippen LogP contribution in [0.5, 0.6) is 5.75 Å². The lowest BCUT2D eigenvalue weighted by molar-refractivity contribution is -0.132. The van der Waals surface area contributed by atoms with E-state index in [1.54, 1.807) is 30.7 Å². The summed E-state index contributed by atoms with van der Waals surface area (Å²) in [6, 6.07) is 6.69. The van der Waals surface area contributed by atoms with Crippen molar-refractivity contribution >= 4 is 23.7 Å². The first kappa shape index (κ1) is 20.8. The second kappa shape index (κ2) is 9.11. The Kier molecular flexibility index (Phi) is 6.11. The number of nitrogens with one attached hydrogen (secondary N) is 2. The molecule has 2 N–H and O–H groups in total. The number of carbonyl (C=O) groups excluding carboxylic acids is 3. The van der Waals surface area contributed by atoms with E-state index in [0.29, 0.717) is 31.0 Å². The molecule has 9 heteroatoms. The van der Waals surface area contributed by atoms with Crippen LogP contribution in [-0.2, 0) is 16.2 Å². The van der Waals surface area contributed by atoms with Crippen LogP contribution < -0.4 is 15.4 Å². The maximum absolute atomic E-state index is 12.8. The monoisotopic (exact) mass is 423 g/mol. The Morgan fingerprint density at radius 2 is 1.90 bits per heavy atom. The van der Waals surface area contributed by atoms with Crippen LogP contribution in [0.25, 0.3) is 0 Å². The van der Waals surface area contributed by atoms with Crippen molar-refractivity contribution in [2.75, 3.05) is 11.9 Å². The average molecular weight is 423 g/mol. The first-order valence-corrected chi connectivity index (χ1v) is 10.5. The fourth-order valence-electron chi connectivity index (χ4n) is 4.02. The zero-order valence-electron chi connectivity index (χ0n) is 17.2. The molecule has 2 fully saturated rings. The molecule has 2 aromatic rings. The van der Waals surface area contributed by atoms with E-state index in [-0.39, 0.29) is 24.8 Å². The summed E-state index contributed by atoms with van der Waals surface area (Å²) in [5.41, 5.74) is 0.159. The van der Waals surface area contributed by atoms with Gasteiger partial charge in [-0.15, -0.1) is 0 Å². The smallest absolute Gasteiger partial charge is 0.325 e. The summed E-state index contributed by atoms with van der Waals surface area (Å²) < 4.78 is 5.78. The zero-order chi connectivity index (χ0) is 21.7. The first-order valence-electron chi connectivity index (χ1n) is 10.5. The molecule has 2 aromatic heterocycles. The van der Waals surface area contributed by atoms with E-state index >= 15 is 0 Å². The standard InChI is InChI=1S/C22H25N5O4/c28-18(8-14-27-20(29)22(26-21(27)30)9-2-1-3-10-22)25-19-17(5-4-11-24-19)31-15-16-6-12-23-13-7-16/h4-7,11-13H,1-3,8-10,14-15H2,(H,26,30)(H,24,25,28). The Morgan fingerprint density at radius 1 is 1.13 bits per heavy atom. The average Bonchev–Trinajstić information content (AvgIpc) is 3.01. The van der Waals surface area contributed by atoms with Crippen LogP contribution >= 0.6 is 0 Å². The van der Waals surface area contributed by atoms with E-state index in [0.717, 1.165) is 29.7 Å². The SMILES string of the molecule is O=C(CCN1C(=O)NC2(CCCCC2)C1=O)Nc1ncccc1OCc1ccncc1. The van der Waals surface area contributed by atoms with Crippen molar-refractivity contribution in [3.8, 4) is 5.75 Å².